The van der Waals surface area contributed by atoms with E-state index in [1.165, 1.54) is 71.6 Å². The largest absolute Gasteiger partial charge is 0.456 e. The molecule has 304 valence electrons. The van der Waals surface area contributed by atoms with Gasteiger partial charge in [-0.05, 0) is 125 Å². The van der Waals surface area contributed by atoms with Gasteiger partial charge in [-0.25, -0.2) is 0 Å². The van der Waals surface area contributed by atoms with Crippen LogP contribution in [0.1, 0.15) is 28.2 Å². The van der Waals surface area contributed by atoms with Crippen molar-refractivity contribution >= 4 is 49.1 Å². The molecule has 3 nitrogen and oxygen atoms in total. The van der Waals surface area contributed by atoms with Crippen LogP contribution < -0.4 is 0 Å². The molecule has 8 aromatic carbocycles. The third kappa shape index (κ3) is 6.04. The Morgan fingerprint density at radius 1 is 0.415 bits per heavy atom. The average molecular weight is 829 g/mol. The number of hydrogen-bond donors (Lipinski definition) is 0. The van der Waals surface area contributed by atoms with Gasteiger partial charge in [-0.2, -0.15) is 0 Å². The maximum absolute atomic E-state index is 6.92. The lowest BCUT2D eigenvalue weighted by atomic mass is 9.66. The third-order valence-corrected chi connectivity index (χ3v) is 13.6. The van der Waals surface area contributed by atoms with Crippen LogP contribution in [0.5, 0.6) is 0 Å². The highest BCUT2D eigenvalue weighted by Gasteiger charge is 2.36. The molecule has 65 heavy (non-hydrogen) atoms. The lowest BCUT2D eigenvalue weighted by Gasteiger charge is -2.37. The van der Waals surface area contributed by atoms with Crippen molar-refractivity contribution in [1.29, 1.82) is 0 Å². The molecule has 0 amide bonds. The summed E-state index contributed by atoms with van der Waals surface area (Å²) >= 11 is 0. The Bertz CT molecular complexity index is 3650. The van der Waals surface area contributed by atoms with Crippen molar-refractivity contribution in [3.05, 3.63) is 259 Å². The van der Waals surface area contributed by atoms with E-state index in [1.807, 2.05) is 36.9 Å². The molecule has 13 rings (SSSR count). The SMILES string of the molecule is C1=CC2=C(c3ccc4c(c3)oc3cccc(-c5c6ccccc6c(-c6ccccc6)c6ccccc56)c34)c3ccccc3C(c3cc(-c4cccnc4)cc(-c4cccnc4)c3)C2C=C1. The van der Waals surface area contributed by atoms with Crippen molar-refractivity contribution in [3.63, 3.8) is 0 Å². The molecule has 0 radical (unpaired) electrons. The van der Waals surface area contributed by atoms with Crippen molar-refractivity contribution in [1.82, 2.24) is 9.97 Å². The van der Waals surface area contributed by atoms with Gasteiger partial charge in [0.1, 0.15) is 11.2 Å². The summed E-state index contributed by atoms with van der Waals surface area (Å²) in [6.07, 6.45) is 16.7. The van der Waals surface area contributed by atoms with Gasteiger partial charge >= 0.3 is 0 Å². The van der Waals surface area contributed by atoms with Gasteiger partial charge in [0.25, 0.3) is 0 Å². The van der Waals surface area contributed by atoms with E-state index in [-0.39, 0.29) is 11.8 Å². The zero-order valence-electron chi connectivity index (χ0n) is 35.4. The Hall–Kier alpha value is -8.40. The quantitative estimate of drug-likeness (QED) is 0.157. The fourth-order valence-electron chi connectivity index (χ4n) is 10.9. The molecule has 0 aliphatic heterocycles. The normalized spacial score (nSPS) is 15.5. The van der Waals surface area contributed by atoms with Gasteiger partial charge < -0.3 is 4.42 Å². The fourth-order valence-corrected chi connectivity index (χ4v) is 10.9. The summed E-state index contributed by atoms with van der Waals surface area (Å²) in [5.41, 5.74) is 18.6. The first-order chi connectivity index (χ1) is 32.3. The molecule has 0 saturated heterocycles. The highest BCUT2D eigenvalue weighted by molar-refractivity contribution is 6.25. The van der Waals surface area contributed by atoms with Gasteiger partial charge in [0.2, 0.25) is 0 Å². The molecule has 0 N–H and O–H groups in total. The summed E-state index contributed by atoms with van der Waals surface area (Å²) < 4.78 is 6.92. The number of pyridine rings is 2. The van der Waals surface area contributed by atoms with Gasteiger partial charge in [0.05, 0.1) is 0 Å². The van der Waals surface area contributed by atoms with Crippen molar-refractivity contribution < 1.29 is 4.42 Å². The van der Waals surface area contributed by atoms with Crippen molar-refractivity contribution in [2.45, 2.75) is 5.92 Å². The van der Waals surface area contributed by atoms with Crippen LogP contribution in [-0.4, -0.2) is 9.97 Å². The average Bonchev–Trinajstić information content (AvgIpc) is 3.76. The van der Waals surface area contributed by atoms with E-state index < -0.39 is 0 Å². The van der Waals surface area contributed by atoms with Crippen LogP contribution >= 0.6 is 0 Å². The minimum Gasteiger partial charge on any atom is -0.456 e. The molecule has 3 heterocycles. The van der Waals surface area contributed by atoms with Gasteiger partial charge in [-0.15, -0.1) is 0 Å². The molecule has 0 bridgehead atoms. The van der Waals surface area contributed by atoms with E-state index >= 15 is 0 Å². The molecule has 3 aromatic heterocycles. The van der Waals surface area contributed by atoms with Crippen LogP contribution in [0, 0.1) is 5.92 Å². The standard InChI is InChI=1S/C62H40N2O/c1-2-15-39(16-3-1)58-50-23-8-10-25-52(50)61(53-26-11-9-24-51(53)58)55-27-12-28-56-62(55)54-30-29-40(36-57(54)65-56)59-46-19-4-6-21-48(46)60(49-22-7-5-20-47(49)59)45-34-43(41-17-13-31-63-37-41)33-44(35-45)42-18-14-32-64-38-42/h1-38,48,60H. The first kappa shape index (κ1) is 37.2. The fraction of sp³-hybridized carbons (Fsp3) is 0.0323. The number of aromatic nitrogens is 2. The van der Waals surface area contributed by atoms with Crippen LogP contribution in [0.4, 0.5) is 0 Å². The van der Waals surface area contributed by atoms with Crippen molar-refractivity contribution in [2.75, 3.05) is 0 Å². The molecule has 0 spiro atoms. The molecule has 0 fully saturated rings. The summed E-state index contributed by atoms with van der Waals surface area (Å²) in [6.45, 7) is 0. The molecule has 0 saturated carbocycles. The van der Waals surface area contributed by atoms with Crippen LogP contribution in [0.25, 0.3) is 93.6 Å². The molecule has 11 aromatic rings. The maximum atomic E-state index is 6.92. The van der Waals surface area contributed by atoms with Gasteiger partial charge in [-0.3, -0.25) is 9.97 Å². The zero-order chi connectivity index (χ0) is 42.8. The third-order valence-electron chi connectivity index (χ3n) is 13.6. The molecule has 2 unspecified atom stereocenters. The van der Waals surface area contributed by atoms with E-state index in [4.69, 9.17) is 4.42 Å². The minimum absolute atomic E-state index is 0.0774. The van der Waals surface area contributed by atoms with Crippen LogP contribution in [0.3, 0.4) is 0 Å². The van der Waals surface area contributed by atoms with Gasteiger partial charge in [0.15, 0.2) is 0 Å². The second-order valence-corrected chi connectivity index (χ2v) is 17.2. The lowest BCUT2D eigenvalue weighted by Crippen LogP contribution is -2.23. The Balaban J connectivity index is 0.991. The van der Waals surface area contributed by atoms with E-state index in [9.17, 15) is 0 Å². The van der Waals surface area contributed by atoms with Crippen LogP contribution in [0.15, 0.2) is 241 Å². The Morgan fingerprint density at radius 3 is 1.74 bits per heavy atom. The van der Waals surface area contributed by atoms with Gasteiger partial charge in [0, 0.05) is 58.5 Å². The first-order valence-corrected chi connectivity index (χ1v) is 22.4. The van der Waals surface area contributed by atoms with Crippen LogP contribution in [0.2, 0.25) is 0 Å². The van der Waals surface area contributed by atoms with Gasteiger partial charge in [-0.1, -0.05) is 170 Å². The molecular formula is C62H40N2O. The molecule has 3 heteroatoms. The van der Waals surface area contributed by atoms with Crippen molar-refractivity contribution in [2.24, 2.45) is 5.92 Å². The number of allylic oxidation sites excluding steroid dienone is 5. The van der Waals surface area contributed by atoms with E-state index in [1.54, 1.807) is 0 Å². The zero-order valence-corrected chi connectivity index (χ0v) is 35.4. The summed E-state index contributed by atoms with van der Waals surface area (Å²) in [5.74, 6) is 0.183. The number of rotatable bonds is 6. The van der Waals surface area contributed by atoms with E-state index in [0.29, 0.717) is 0 Å². The highest BCUT2D eigenvalue weighted by atomic mass is 16.3. The van der Waals surface area contributed by atoms with E-state index in [0.717, 1.165) is 49.8 Å². The second-order valence-electron chi connectivity index (χ2n) is 17.2. The predicted molar refractivity (Wildman–Crippen MR) is 269 cm³/mol. The molecule has 2 aliphatic rings. The maximum Gasteiger partial charge on any atom is 0.136 e. The Morgan fingerprint density at radius 2 is 1.05 bits per heavy atom. The Kier molecular flexibility index (Phi) is 8.67. The topological polar surface area (TPSA) is 38.9 Å². The molecule has 2 aliphatic carbocycles. The lowest BCUT2D eigenvalue weighted by molar-refractivity contribution is 0.649. The predicted octanol–water partition coefficient (Wildman–Crippen LogP) is 16.0. The van der Waals surface area contributed by atoms with E-state index in [2.05, 4.69) is 204 Å². The molecular weight excluding hydrogens is 789 g/mol. The number of fused-ring (bicyclic) bond motifs is 7. The van der Waals surface area contributed by atoms with Crippen LogP contribution in [-0.2, 0) is 0 Å². The van der Waals surface area contributed by atoms with Crippen molar-refractivity contribution in [3.8, 4) is 44.5 Å². The summed E-state index contributed by atoms with van der Waals surface area (Å²) in [5, 5.41) is 7.18. The summed E-state index contributed by atoms with van der Waals surface area (Å²) in [4.78, 5) is 8.99. The minimum atomic E-state index is 0.0774. The number of benzene rings is 8. The number of furan rings is 1. The summed E-state index contributed by atoms with van der Waals surface area (Å²) in [6, 6.07) is 66.3. The molecule has 2 atom stereocenters. The summed E-state index contributed by atoms with van der Waals surface area (Å²) in [7, 11) is 0. The Labute approximate surface area is 377 Å². The monoisotopic (exact) mass is 828 g/mol. The first-order valence-electron chi connectivity index (χ1n) is 22.4. The second kappa shape index (κ2) is 15.1. The number of hydrogen-bond acceptors (Lipinski definition) is 3. The smallest absolute Gasteiger partial charge is 0.136 e. The number of nitrogens with zero attached hydrogens (tertiary/aromatic N) is 2. The highest BCUT2D eigenvalue weighted by Crippen LogP contribution is 2.52.